The van der Waals surface area contributed by atoms with Gasteiger partial charge in [0.25, 0.3) is 5.22 Å². The van der Waals surface area contributed by atoms with Gasteiger partial charge < -0.3 is 9.73 Å². The summed E-state index contributed by atoms with van der Waals surface area (Å²) in [4.78, 5) is 12.6. The van der Waals surface area contributed by atoms with Gasteiger partial charge in [0.15, 0.2) is 0 Å². The lowest BCUT2D eigenvalue weighted by Gasteiger charge is -2.59. The highest BCUT2D eigenvalue weighted by Crippen LogP contribution is 2.61. The third kappa shape index (κ3) is 3.81. The van der Waals surface area contributed by atoms with Crippen molar-refractivity contribution in [2.24, 2.45) is 23.2 Å². The van der Waals surface area contributed by atoms with Crippen molar-refractivity contribution >= 4 is 29.3 Å². The molecule has 6 rings (SSSR count). The Hall–Kier alpha value is -1.53. The molecule has 4 aliphatic carbocycles. The van der Waals surface area contributed by atoms with E-state index in [2.05, 4.69) is 22.4 Å². The fourth-order valence-electron chi connectivity index (χ4n) is 6.28. The maximum absolute atomic E-state index is 12.6. The first-order valence-corrected chi connectivity index (χ1v) is 11.9. The van der Waals surface area contributed by atoms with Crippen LogP contribution in [0.1, 0.15) is 45.4 Å². The summed E-state index contributed by atoms with van der Waals surface area (Å²) in [5, 5.41) is 12.3. The molecule has 0 spiro atoms. The Bertz CT molecular complexity index is 880. The van der Waals surface area contributed by atoms with Crippen LogP contribution >= 0.6 is 23.4 Å². The second-order valence-corrected chi connectivity index (χ2v) is 10.5. The van der Waals surface area contributed by atoms with Gasteiger partial charge in [0.1, 0.15) is 0 Å². The number of thioether (sulfide) groups is 1. The standard InChI is InChI=1S/C22H26ClN3O2S/c1-13(22-9-14-6-15(10-22)8-16(7-14)11-22)24-19(27)12-29-21-26-25-20(28-21)17-4-2-3-5-18(17)23/h2-5,13-16H,6-12H2,1H3,(H,24,27). The van der Waals surface area contributed by atoms with Crippen molar-refractivity contribution in [3.8, 4) is 11.5 Å². The number of nitrogens with zero attached hydrogens (tertiary/aromatic N) is 2. The van der Waals surface area contributed by atoms with Crippen molar-refractivity contribution in [2.75, 3.05) is 5.75 Å². The van der Waals surface area contributed by atoms with Crippen LogP contribution in [0.2, 0.25) is 5.02 Å². The highest BCUT2D eigenvalue weighted by molar-refractivity contribution is 7.99. The Morgan fingerprint density at radius 1 is 1.21 bits per heavy atom. The molecule has 1 aromatic heterocycles. The molecular weight excluding hydrogens is 406 g/mol. The summed E-state index contributed by atoms with van der Waals surface area (Å²) in [6.45, 7) is 2.21. The number of amides is 1. The van der Waals surface area contributed by atoms with Gasteiger partial charge in [-0.2, -0.15) is 0 Å². The fraction of sp³-hybridized carbons (Fsp3) is 0.591. The average molecular weight is 432 g/mol. The van der Waals surface area contributed by atoms with Crippen LogP contribution in [0.4, 0.5) is 0 Å². The van der Waals surface area contributed by atoms with E-state index in [0.717, 1.165) is 17.8 Å². The Balaban J connectivity index is 1.17. The summed E-state index contributed by atoms with van der Waals surface area (Å²) in [7, 11) is 0. The molecule has 4 saturated carbocycles. The normalized spacial score (nSPS) is 31.0. The second kappa shape index (κ2) is 7.62. The molecule has 154 valence electrons. The molecule has 4 aliphatic rings. The molecule has 1 atom stereocenters. The van der Waals surface area contributed by atoms with Crippen LogP contribution in [0, 0.1) is 23.2 Å². The molecule has 1 N–H and O–H groups in total. The van der Waals surface area contributed by atoms with Crippen LogP contribution in [0.5, 0.6) is 0 Å². The van der Waals surface area contributed by atoms with Gasteiger partial charge in [-0.15, -0.1) is 10.2 Å². The molecule has 1 aromatic carbocycles. The van der Waals surface area contributed by atoms with Crippen molar-refractivity contribution in [3.05, 3.63) is 29.3 Å². The number of benzene rings is 1. The minimum Gasteiger partial charge on any atom is -0.411 e. The number of carbonyl (C=O) groups is 1. The summed E-state index contributed by atoms with van der Waals surface area (Å²) < 4.78 is 5.68. The number of aromatic nitrogens is 2. The molecule has 1 heterocycles. The summed E-state index contributed by atoms with van der Waals surface area (Å²) in [5.74, 6) is 3.35. The highest BCUT2D eigenvalue weighted by Gasteiger charge is 2.53. The van der Waals surface area contributed by atoms with E-state index in [-0.39, 0.29) is 17.7 Å². The molecule has 1 amide bonds. The molecule has 0 aliphatic heterocycles. The van der Waals surface area contributed by atoms with Gasteiger partial charge in [0, 0.05) is 6.04 Å². The zero-order chi connectivity index (χ0) is 20.0. The molecule has 7 heteroatoms. The molecular formula is C22H26ClN3O2S. The van der Waals surface area contributed by atoms with Gasteiger partial charge >= 0.3 is 0 Å². The number of halogens is 1. The van der Waals surface area contributed by atoms with Crippen molar-refractivity contribution in [3.63, 3.8) is 0 Å². The summed E-state index contributed by atoms with van der Waals surface area (Å²) in [6, 6.07) is 7.58. The Morgan fingerprint density at radius 3 is 2.52 bits per heavy atom. The van der Waals surface area contributed by atoms with Crippen molar-refractivity contribution in [2.45, 2.75) is 56.7 Å². The first kappa shape index (κ1) is 19.4. The molecule has 0 radical (unpaired) electrons. The Labute approximate surface area is 180 Å². The first-order chi connectivity index (χ1) is 14.0. The number of nitrogens with one attached hydrogen (secondary N) is 1. The Kier molecular flexibility index (Phi) is 5.11. The summed E-state index contributed by atoms with van der Waals surface area (Å²) in [5.41, 5.74) is 1.02. The monoisotopic (exact) mass is 431 g/mol. The van der Waals surface area contributed by atoms with E-state index in [1.165, 1.54) is 50.3 Å². The van der Waals surface area contributed by atoms with Crippen molar-refractivity contribution < 1.29 is 9.21 Å². The maximum Gasteiger partial charge on any atom is 0.277 e. The smallest absolute Gasteiger partial charge is 0.277 e. The molecule has 4 fully saturated rings. The van der Waals surface area contributed by atoms with Crippen LogP contribution < -0.4 is 5.32 Å². The van der Waals surface area contributed by atoms with Crippen LogP contribution in [-0.4, -0.2) is 27.9 Å². The van der Waals surface area contributed by atoms with E-state index in [0.29, 0.717) is 27.1 Å². The third-order valence-electron chi connectivity index (χ3n) is 7.22. The van der Waals surface area contributed by atoms with Gasteiger partial charge in [-0.3, -0.25) is 4.79 Å². The van der Waals surface area contributed by atoms with E-state index in [1.807, 2.05) is 18.2 Å². The van der Waals surface area contributed by atoms with Gasteiger partial charge in [-0.05, 0) is 80.8 Å². The lowest BCUT2D eigenvalue weighted by Crippen LogP contribution is -2.56. The van der Waals surface area contributed by atoms with Crippen LogP contribution in [0.25, 0.3) is 11.5 Å². The molecule has 2 aromatic rings. The average Bonchev–Trinajstić information content (AvgIpc) is 3.14. The molecule has 29 heavy (non-hydrogen) atoms. The molecule has 4 bridgehead atoms. The predicted molar refractivity (Wildman–Crippen MR) is 114 cm³/mol. The Morgan fingerprint density at radius 2 is 1.86 bits per heavy atom. The van der Waals surface area contributed by atoms with Crippen molar-refractivity contribution in [1.82, 2.24) is 15.5 Å². The number of rotatable bonds is 6. The zero-order valence-corrected chi connectivity index (χ0v) is 18.1. The fourth-order valence-corrected chi connectivity index (χ4v) is 7.07. The molecule has 0 saturated heterocycles. The highest BCUT2D eigenvalue weighted by atomic mass is 35.5. The SMILES string of the molecule is CC(NC(=O)CSc1nnc(-c2ccccc2Cl)o1)C12CC3CC(CC(C3)C1)C2. The van der Waals surface area contributed by atoms with E-state index in [1.54, 1.807) is 6.07 Å². The van der Waals surface area contributed by atoms with E-state index in [9.17, 15) is 4.79 Å². The van der Waals surface area contributed by atoms with E-state index >= 15 is 0 Å². The second-order valence-electron chi connectivity index (χ2n) is 9.21. The number of carbonyl (C=O) groups excluding carboxylic acids is 1. The van der Waals surface area contributed by atoms with Crippen LogP contribution in [0.15, 0.2) is 33.9 Å². The lowest BCUT2D eigenvalue weighted by atomic mass is 9.48. The lowest BCUT2D eigenvalue weighted by molar-refractivity contribution is -0.123. The first-order valence-electron chi connectivity index (χ1n) is 10.5. The minimum absolute atomic E-state index is 0.0377. The summed E-state index contributed by atoms with van der Waals surface area (Å²) in [6.07, 6.45) is 8.12. The van der Waals surface area contributed by atoms with Crippen LogP contribution in [-0.2, 0) is 4.79 Å². The largest absolute Gasteiger partial charge is 0.411 e. The third-order valence-corrected chi connectivity index (χ3v) is 8.37. The maximum atomic E-state index is 12.6. The predicted octanol–water partition coefficient (Wildman–Crippen LogP) is 5.20. The van der Waals surface area contributed by atoms with Crippen LogP contribution in [0.3, 0.4) is 0 Å². The van der Waals surface area contributed by atoms with E-state index in [4.69, 9.17) is 16.0 Å². The molecule has 5 nitrogen and oxygen atoms in total. The van der Waals surface area contributed by atoms with Gasteiger partial charge in [0.2, 0.25) is 11.8 Å². The van der Waals surface area contributed by atoms with Gasteiger partial charge in [-0.25, -0.2) is 0 Å². The topological polar surface area (TPSA) is 68.0 Å². The molecule has 1 unspecified atom stereocenters. The minimum atomic E-state index is 0.0377. The summed E-state index contributed by atoms with van der Waals surface area (Å²) >= 11 is 7.46. The number of hydrogen-bond donors (Lipinski definition) is 1. The quantitative estimate of drug-likeness (QED) is 0.636. The van der Waals surface area contributed by atoms with E-state index < -0.39 is 0 Å². The zero-order valence-electron chi connectivity index (χ0n) is 16.6. The number of hydrogen-bond acceptors (Lipinski definition) is 5. The van der Waals surface area contributed by atoms with Gasteiger partial charge in [-0.1, -0.05) is 35.5 Å². The van der Waals surface area contributed by atoms with Gasteiger partial charge in [0.05, 0.1) is 16.3 Å². The van der Waals surface area contributed by atoms with Crippen molar-refractivity contribution in [1.29, 1.82) is 0 Å².